The summed E-state index contributed by atoms with van der Waals surface area (Å²) in [6, 6.07) is 14.2. The van der Waals surface area contributed by atoms with E-state index in [1.807, 2.05) is 36.2 Å². The second-order valence-electron chi connectivity index (χ2n) is 5.70. The lowest BCUT2D eigenvalue weighted by atomic mass is 10.1. The molecule has 0 spiro atoms. The summed E-state index contributed by atoms with van der Waals surface area (Å²) < 4.78 is 0. The van der Waals surface area contributed by atoms with Crippen molar-refractivity contribution in [2.45, 2.75) is 6.54 Å². The van der Waals surface area contributed by atoms with E-state index in [1.54, 1.807) is 11.3 Å². The highest BCUT2D eigenvalue weighted by atomic mass is 32.1. The molecule has 22 heavy (non-hydrogen) atoms. The smallest absolute Gasteiger partial charge is 0.260 e. The zero-order valence-corrected chi connectivity index (χ0v) is 13.1. The van der Waals surface area contributed by atoms with E-state index >= 15 is 0 Å². The van der Waals surface area contributed by atoms with Gasteiger partial charge in [0.1, 0.15) is 0 Å². The van der Waals surface area contributed by atoms with Crippen molar-refractivity contribution in [3.63, 3.8) is 0 Å². The first-order chi connectivity index (χ1) is 10.7. The van der Waals surface area contributed by atoms with Crippen LogP contribution in [0.3, 0.4) is 0 Å². The molecule has 3 aromatic rings. The topological polar surface area (TPSA) is 23.6 Å². The summed E-state index contributed by atoms with van der Waals surface area (Å²) in [5, 5.41) is 6.45. The van der Waals surface area contributed by atoms with Gasteiger partial charge in [-0.1, -0.05) is 24.3 Å². The van der Waals surface area contributed by atoms with E-state index in [0.717, 1.165) is 28.6 Å². The zero-order valence-electron chi connectivity index (χ0n) is 12.3. The van der Waals surface area contributed by atoms with Crippen molar-refractivity contribution in [2.24, 2.45) is 0 Å². The Balaban J connectivity index is 1.64. The number of rotatable bonds is 4. The van der Waals surface area contributed by atoms with Crippen LogP contribution in [0.25, 0.3) is 10.8 Å². The van der Waals surface area contributed by atoms with Gasteiger partial charge in [0.05, 0.1) is 12.4 Å². The number of hydrogen-bond donors (Lipinski definition) is 0. The molecule has 0 radical (unpaired) electrons. The maximum Gasteiger partial charge on any atom is 0.260 e. The number of thiophene rings is 1. The fourth-order valence-corrected chi connectivity index (χ4v) is 3.77. The molecule has 0 aliphatic carbocycles. The minimum Gasteiger partial charge on any atom is -0.294 e. The van der Waals surface area contributed by atoms with Gasteiger partial charge in [-0.05, 0) is 47.0 Å². The highest BCUT2D eigenvalue weighted by molar-refractivity contribution is 7.07. The van der Waals surface area contributed by atoms with Crippen molar-refractivity contribution >= 4 is 33.7 Å². The maximum absolute atomic E-state index is 12.7. The zero-order chi connectivity index (χ0) is 15.1. The number of hydrogen-bond acceptors (Lipinski definition) is 3. The Bertz CT molecular complexity index is 836. The van der Waals surface area contributed by atoms with Crippen LogP contribution in [0.4, 0.5) is 5.69 Å². The fourth-order valence-electron chi connectivity index (χ4n) is 3.11. The lowest BCUT2D eigenvalue weighted by Crippen LogP contribution is -2.37. The Labute approximate surface area is 133 Å². The van der Waals surface area contributed by atoms with Crippen LogP contribution >= 0.6 is 11.3 Å². The summed E-state index contributed by atoms with van der Waals surface area (Å²) >= 11 is 1.70. The molecule has 0 bridgehead atoms. The number of benzene rings is 2. The number of anilines is 1. The van der Waals surface area contributed by atoms with E-state index in [1.165, 1.54) is 5.56 Å². The third kappa shape index (κ3) is 2.12. The molecule has 1 aliphatic rings. The molecule has 0 fully saturated rings. The van der Waals surface area contributed by atoms with Gasteiger partial charge in [0.15, 0.2) is 0 Å². The molecule has 2 aromatic carbocycles. The predicted molar refractivity (Wildman–Crippen MR) is 91.4 cm³/mol. The van der Waals surface area contributed by atoms with Crippen LogP contribution in [-0.2, 0) is 6.54 Å². The first-order valence-electron chi connectivity index (χ1n) is 7.27. The Hall–Kier alpha value is -2.17. The molecule has 0 atom stereocenters. The SMILES string of the molecule is CN(Cc1ccsc1)CN1C(=O)c2cccc3cccc1c23. The van der Waals surface area contributed by atoms with Crippen LogP contribution in [0.1, 0.15) is 15.9 Å². The summed E-state index contributed by atoms with van der Waals surface area (Å²) in [5.41, 5.74) is 3.13. The maximum atomic E-state index is 12.7. The average molecular weight is 308 g/mol. The molecule has 1 aliphatic heterocycles. The Morgan fingerprint density at radius 2 is 1.95 bits per heavy atom. The Morgan fingerprint density at radius 1 is 1.14 bits per heavy atom. The van der Waals surface area contributed by atoms with Crippen molar-refractivity contribution in [3.05, 3.63) is 64.4 Å². The second-order valence-corrected chi connectivity index (χ2v) is 6.48. The summed E-state index contributed by atoms with van der Waals surface area (Å²) in [6.07, 6.45) is 0. The van der Waals surface area contributed by atoms with E-state index in [9.17, 15) is 4.79 Å². The monoisotopic (exact) mass is 308 g/mol. The Morgan fingerprint density at radius 3 is 2.73 bits per heavy atom. The molecule has 4 rings (SSSR count). The molecule has 4 heteroatoms. The van der Waals surface area contributed by atoms with Crippen LogP contribution in [-0.4, -0.2) is 24.5 Å². The summed E-state index contributed by atoms with van der Waals surface area (Å²) in [4.78, 5) is 16.8. The summed E-state index contributed by atoms with van der Waals surface area (Å²) in [6.45, 7) is 1.45. The number of nitrogens with zero attached hydrogens (tertiary/aromatic N) is 2. The van der Waals surface area contributed by atoms with Gasteiger partial charge in [-0.2, -0.15) is 11.3 Å². The van der Waals surface area contributed by atoms with Crippen LogP contribution in [0.5, 0.6) is 0 Å². The normalized spacial score (nSPS) is 13.5. The highest BCUT2D eigenvalue weighted by Gasteiger charge is 2.29. The third-order valence-corrected chi connectivity index (χ3v) is 4.80. The van der Waals surface area contributed by atoms with Crippen molar-refractivity contribution in [3.8, 4) is 0 Å². The Kier molecular flexibility index (Phi) is 3.21. The molecule has 0 N–H and O–H groups in total. The van der Waals surface area contributed by atoms with Gasteiger partial charge in [-0.3, -0.25) is 14.6 Å². The van der Waals surface area contributed by atoms with Gasteiger partial charge in [-0.15, -0.1) is 0 Å². The van der Waals surface area contributed by atoms with Gasteiger partial charge in [-0.25, -0.2) is 0 Å². The fraction of sp³-hybridized carbons (Fsp3) is 0.167. The van der Waals surface area contributed by atoms with Gasteiger partial charge in [0.25, 0.3) is 5.91 Å². The van der Waals surface area contributed by atoms with Crippen LogP contribution in [0.15, 0.2) is 53.2 Å². The van der Waals surface area contributed by atoms with E-state index < -0.39 is 0 Å². The minimum atomic E-state index is 0.101. The molecular weight excluding hydrogens is 292 g/mol. The van der Waals surface area contributed by atoms with E-state index in [4.69, 9.17) is 0 Å². The van der Waals surface area contributed by atoms with E-state index in [0.29, 0.717) is 6.67 Å². The van der Waals surface area contributed by atoms with Gasteiger partial charge >= 0.3 is 0 Å². The van der Waals surface area contributed by atoms with E-state index in [2.05, 4.69) is 33.9 Å². The van der Waals surface area contributed by atoms with Crippen molar-refractivity contribution in [1.29, 1.82) is 0 Å². The van der Waals surface area contributed by atoms with Crippen LogP contribution < -0.4 is 4.90 Å². The first kappa shape index (κ1) is 13.5. The van der Waals surface area contributed by atoms with Gasteiger partial charge in [0.2, 0.25) is 0 Å². The highest BCUT2D eigenvalue weighted by Crippen LogP contribution is 2.37. The molecule has 3 nitrogen and oxygen atoms in total. The van der Waals surface area contributed by atoms with Crippen molar-refractivity contribution < 1.29 is 4.79 Å². The lowest BCUT2D eigenvalue weighted by Gasteiger charge is -2.24. The third-order valence-electron chi connectivity index (χ3n) is 4.06. The second kappa shape index (κ2) is 5.23. The van der Waals surface area contributed by atoms with Crippen LogP contribution in [0, 0.1) is 0 Å². The van der Waals surface area contributed by atoms with Crippen LogP contribution in [0.2, 0.25) is 0 Å². The van der Waals surface area contributed by atoms with Gasteiger partial charge < -0.3 is 0 Å². The lowest BCUT2D eigenvalue weighted by molar-refractivity contribution is 0.0977. The van der Waals surface area contributed by atoms with Crippen molar-refractivity contribution in [2.75, 3.05) is 18.6 Å². The summed E-state index contributed by atoms with van der Waals surface area (Å²) in [7, 11) is 2.05. The van der Waals surface area contributed by atoms with Gasteiger partial charge in [0, 0.05) is 17.5 Å². The van der Waals surface area contributed by atoms with E-state index in [-0.39, 0.29) is 5.91 Å². The number of amides is 1. The molecule has 2 heterocycles. The predicted octanol–water partition coefficient (Wildman–Crippen LogP) is 3.95. The molecular formula is C18H16N2OS. The molecule has 0 saturated carbocycles. The number of carbonyl (C=O) groups is 1. The standard InChI is InChI=1S/C18H16N2OS/c1-19(10-13-8-9-22-11-13)12-20-16-7-3-5-14-4-2-6-15(17(14)16)18(20)21/h2-9,11H,10,12H2,1H3. The minimum absolute atomic E-state index is 0.101. The molecule has 110 valence electrons. The quantitative estimate of drug-likeness (QED) is 0.728. The first-order valence-corrected chi connectivity index (χ1v) is 8.21. The largest absolute Gasteiger partial charge is 0.294 e. The molecule has 0 saturated heterocycles. The molecule has 1 aromatic heterocycles. The number of carbonyl (C=O) groups excluding carboxylic acids is 1. The molecule has 0 unspecified atom stereocenters. The average Bonchev–Trinajstić information content (AvgIpc) is 3.12. The van der Waals surface area contributed by atoms with Crippen molar-refractivity contribution in [1.82, 2.24) is 4.90 Å². The molecule has 1 amide bonds. The summed E-state index contributed by atoms with van der Waals surface area (Å²) in [5.74, 6) is 0.101.